The second-order valence-corrected chi connectivity index (χ2v) is 10.6. The number of rotatable bonds is 5. The Morgan fingerprint density at radius 1 is 0.946 bits per heavy atom. The summed E-state index contributed by atoms with van der Waals surface area (Å²) in [5.41, 5.74) is 7.61. The molecular weight excluding hydrogens is 454 g/mol. The lowest BCUT2D eigenvalue weighted by molar-refractivity contribution is -0.649. The molecule has 37 heavy (non-hydrogen) atoms. The van der Waals surface area contributed by atoms with Crippen molar-refractivity contribution in [3.8, 4) is 0 Å². The standard InChI is InChI=1S/C32H34N5/c1-6-7-21-37-26-20-19-22-13-8-9-14-23(22)29(26)32(2,3)27(37)17-12-18-28-35(4)30-31(36(28)5)34-25-16-11-10-15-24(25)33-30/h8-20H,6-7,21H2,1-5H3/q+1. The molecule has 2 aromatic heterocycles. The van der Waals surface area contributed by atoms with E-state index in [9.17, 15) is 0 Å². The maximum Gasteiger partial charge on any atom is 0.322 e. The summed E-state index contributed by atoms with van der Waals surface area (Å²) < 4.78 is 4.25. The molecule has 0 aliphatic carbocycles. The van der Waals surface area contributed by atoms with Gasteiger partial charge in [-0.15, -0.1) is 0 Å². The molecule has 5 heteroatoms. The van der Waals surface area contributed by atoms with Crippen molar-refractivity contribution in [3.63, 3.8) is 0 Å². The van der Waals surface area contributed by atoms with Crippen LogP contribution >= 0.6 is 0 Å². The lowest BCUT2D eigenvalue weighted by atomic mass is 9.81. The van der Waals surface area contributed by atoms with Crippen LogP contribution in [0.15, 0.2) is 78.5 Å². The number of aromatic nitrogens is 4. The molecule has 0 N–H and O–H groups in total. The maximum atomic E-state index is 4.89. The lowest BCUT2D eigenvalue weighted by Crippen LogP contribution is -2.31. The summed E-state index contributed by atoms with van der Waals surface area (Å²) >= 11 is 0. The largest absolute Gasteiger partial charge is 0.344 e. The third-order valence-electron chi connectivity index (χ3n) is 7.85. The van der Waals surface area contributed by atoms with Crippen molar-refractivity contribution in [3.05, 3.63) is 89.9 Å². The number of nitrogens with zero attached hydrogens (tertiary/aromatic N) is 5. The number of para-hydroxylation sites is 2. The van der Waals surface area contributed by atoms with Gasteiger partial charge < -0.3 is 4.90 Å². The molecule has 0 unspecified atom stereocenters. The van der Waals surface area contributed by atoms with Crippen LogP contribution in [0.5, 0.6) is 0 Å². The molecule has 0 saturated carbocycles. The molecule has 0 atom stereocenters. The van der Waals surface area contributed by atoms with Crippen molar-refractivity contribution >= 4 is 44.9 Å². The average molecular weight is 489 g/mol. The van der Waals surface area contributed by atoms with Crippen molar-refractivity contribution in [1.29, 1.82) is 0 Å². The first-order valence-electron chi connectivity index (χ1n) is 13.2. The molecule has 3 aromatic carbocycles. The number of benzene rings is 3. The minimum atomic E-state index is -0.101. The third-order valence-corrected chi connectivity index (χ3v) is 7.85. The SMILES string of the molecule is CCCCN1C(=CC=Cc2n(C)c3nc4ccccc4nc3[n+]2C)C(C)(C)c2c1ccc1ccccc21. The summed E-state index contributed by atoms with van der Waals surface area (Å²) in [6, 6.07) is 21.4. The molecule has 3 heterocycles. The van der Waals surface area contributed by atoms with Crippen LogP contribution in [0, 0.1) is 0 Å². The Morgan fingerprint density at radius 2 is 1.68 bits per heavy atom. The van der Waals surface area contributed by atoms with E-state index < -0.39 is 0 Å². The molecule has 0 radical (unpaired) electrons. The van der Waals surface area contributed by atoms with E-state index in [4.69, 9.17) is 9.97 Å². The summed E-state index contributed by atoms with van der Waals surface area (Å²) in [6.07, 6.45) is 9.00. The highest BCUT2D eigenvalue weighted by molar-refractivity contribution is 5.95. The molecule has 0 fully saturated rings. The van der Waals surface area contributed by atoms with E-state index in [1.165, 1.54) is 34.1 Å². The van der Waals surface area contributed by atoms with Gasteiger partial charge in [-0.2, -0.15) is 0 Å². The number of anilines is 1. The van der Waals surface area contributed by atoms with Crippen LogP contribution < -0.4 is 9.47 Å². The Balaban J connectivity index is 1.45. The Bertz CT molecular complexity index is 1660. The van der Waals surface area contributed by atoms with Crippen LogP contribution in [0.3, 0.4) is 0 Å². The highest BCUT2D eigenvalue weighted by Gasteiger charge is 2.40. The van der Waals surface area contributed by atoms with Crippen LogP contribution in [0.2, 0.25) is 0 Å². The Kier molecular flexibility index (Phi) is 5.59. The molecular formula is C32H34N5+. The van der Waals surface area contributed by atoms with Crippen molar-refractivity contribution in [2.24, 2.45) is 14.1 Å². The minimum Gasteiger partial charge on any atom is -0.344 e. The topological polar surface area (TPSA) is 37.8 Å². The van der Waals surface area contributed by atoms with E-state index >= 15 is 0 Å². The second-order valence-electron chi connectivity index (χ2n) is 10.6. The van der Waals surface area contributed by atoms with Gasteiger partial charge in [0.15, 0.2) is 5.52 Å². The summed E-state index contributed by atoms with van der Waals surface area (Å²) in [5, 5.41) is 2.65. The molecule has 0 spiro atoms. The monoisotopic (exact) mass is 488 g/mol. The molecule has 1 aliphatic heterocycles. The van der Waals surface area contributed by atoms with Crippen LogP contribution in [-0.2, 0) is 19.5 Å². The number of fused-ring (bicyclic) bond motifs is 5. The molecule has 5 aromatic rings. The molecule has 0 saturated heterocycles. The summed E-state index contributed by atoms with van der Waals surface area (Å²) in [4.78, 5) is 12.3. The van der Waals surface area contributed by atoms with Gasteiger partial charge in [-0.25, -0.2) is 14.1 Å². The fraction of sp³-hybridized carbons (Fsp3) is 0.281. The van der Waals surface area contributed by atoms with Crippen LogP contribution in [0.25, 0.3) is 39.2 Å². The fourth-order valence-electron chi connectivity index (χ4n) is 5.91. The number of aryl methyl sites for hydroxylation is 2. The first kappa shape index (κ1) is 23.4. The summed E-state index contributed by atoms with van der Waals surface area (Å²) in [5.74, 6) is 1.06. The fourth-order valence-corrected chi connectivity index (χ4v) is 5.91. The van der Waals surface area contributed by atoms with Gasteiger partial charge in [-0.1, -0.05) is 80.7 Å². The molecule has 186 valence electrons. The average Bonchev–Trinajstić information content (AvgIpc) is 3.27. The van der Waals surface area contributed by atoms with E-state index in [1.54, 1.807) is 0 Å². The highest BCUT2D eigenvalue weighted by atomic mass is 15.2. The van der Waals surface area contributed by atoms with Crippen LogP contribution in [0.1, 0.15) is 45.0 Å². The van der Waals surface area contributed by atoms with Gasteiger partial charge in [0.05, 0.1) is 14.1 Å². The Morgan fingerprint density at radius 3 is 2.46 bits per heavy atom. The summed E-state index contributed by atoms with van der Waals surface area (Å²) in [6.45, 7) is 8.00. The molecule has 0 bridgehead atoms. The molecule has 5 nitrogen and oxygen atoms in total. The molecule has 1 aliphatic rings. The van der Waals surface area contributed by atoms with Gasteiger partial charge >= 0.3 is 5.65 Å². The number of hydrogen-bond acceptors (Lipinski definition) is 3. The number of hydrogen-bond donors (Lipinski definition) is 0. The zero-order valence-electron chi connectivity index (χ0n) is 22.4. The van der Waals surface area contributed by atoms with Gasteiger partial charge in [0, 0.05) is 29.4 Å². The summed E-state index contributed by atoms with van der Waals surface area (Å²) in [7, 11) is 4.13. The van der Waals surface area contributed by atoms with Gasteiger partial charge in [-0.3, -0.25) is 0 Å². The predicted octanol–water partition coefficient (Wildman–Crippen LogP) is 6.59. The van der Waals surface area contributed by atoms with Gasteiger partial charge in [0.25, 0.3) is 5.65 Å². The molecule has 6 rings (SSSR count). The van der Waals surface area contributed by atoms with Gasteiger partial charge in [0.2, 0.25) is 5.82 Å². The predicted molar refractivity (Wildman–Crippen MR) is 154 cm³/mol. The van der Waals surface area contributed by atoms with Crippen molar-refractivity contribution < 1.29 is 4.57 Å². The quantitative estimate of drug-likeness (QED) is 0.262. The first-order chi connectivity index (χ1) is 17.9. The Labute approximate surface area is 218 Å². The first-order valence-corrected chi connectivity index (χ1v) is 13.2. The van der Waals surface area contributed by atoms with Crippen molar-refractivity contribution in [2.75, 3.05) is 11.4 Å². The van der Waals surface area contributed by atoms with E-state index in [-0.39, 0.29) is 5.41 Å². The minimum absolute atomic E-state index is 0.101. The normalized spacial score (nSPS) is 16.1. The van der Waals surface area contributed by atoms with E-state index in [0.29, 0.717) is 0 Å². The highest BCUT2D eigenvalue weighted by Crippen LogP contribution is 2.50. The van der Waals surface area contributed by atoms with E-state index in [1.807, 2.05) is 24.3 Å². The van der Waals surface area contributed by atoms with Crippen molar-refractivity contribution in [1.82, 2.24) is 14.5 Å². The zero-order valence-corrected chi connectivity index (χ0v) is 22.4. The zero-order chi connectivity index (χ0) is 25.7. The Hall–Kier alpha value is -3.99. The van der Waals surface area contributed by atoms with Crippen LogP contribution in [-0.4, -0.2) is 21.1 Å². The maximum absolute atomic E-state index is 4.89. The molecule has 0 amide bonds. The number of imidazole rings is 1. The van der Waals surface area contributed by atoms with E-state index in [2.05, 4.69) is 104 Å². The van der Waals surface area contributed by atoms with Gasteiger partial charge in [-0.05, 0) is 47.0 Å². The number of unbranched alkanes of at least 4 members (excludes halogenated alkanes) is 1. The number of allylic oxidation sites excluding steroid dienone is 3. The smallest absolute Gasteiger partial charge is 0.322 e. The van der Waals surface area contributed by atoms with Crippen molar-refractivity contribution in [2.45, 2.75) is 39.0 Å². The van der Waals surface area contributed by atoms with E-state index in [0.717, 1.165) is 41.1 Å². The second kappa shape index (κ2) is 8.84. The third kappa shape index (κ3) is 3.64. The van der Waals surface area contributed by atoms with Crippen LogP contribution in [0.4, 0.5) is 5.69 Å². The van der Waals surface area contributed by atoms with Gasteiger partial charge in [0.1, 0.15) is 5.52 Å². The lowest BCUT2D eigenvalue weighted by Gasteiger charge is -2.27.